The van der Waals surface area contributed by atoms with E-state index in [9.17, 15) is 14.9 Å². The molecule has 1 atom stereocenters. The first kappa shape index (κ1) is 20.2. The molecule has 1 amide bonds. The number of carbonyl (C=O) groups excluding carboxylic acids is 1. The predicted molar refractivity (Wildman–Crippen MR) is 111 cm³/mol. The molecule has 6 nitrogen and oxygen atoms in total. The molecule has 0 unspecified atom stereocenters. The van der Waals surface area contributed by atoms with E-state index in [4.69, 9.17) is 4.74 Å². The Labute approximate surface area is 168 Å². The molecule has 0 aromatic heterocycles. The molecule has 2 aromatic rings. The third-order valence-corrected chi connectivity index (χ3v) is 5.61. The minimum atomic E-state index is -0.418. The summed E-state index contributed by atoms with van der Waals surface area (Å²) in [6.07, 6.45) is 0.710. The van der Waals surface area contributed by atoms with Gasteiger partial charge in [-0.3, -0.25) is 14.9 Å². The molecule has 7 heteroatoms. The van der Waals surface area contributed by atoms with Crippen molar-refractivity contribution < 1.29 is 14.5 Å². The topological polar surface area (TPSA) is 81.5 Å². The van der Waals surface area contributed by atoms with E-state index >= 15 is 0 Å². The number of thioether (sulfide) groups is 1. The van der Waals surface area contributed by atoms with Gasteiger partial charge in [0.25, 0.3) is 5.69 Å². The van der Waals surface area contributed by atoms with Crippen molar-refractivity contribution in [2.45, 2.75) is 44.6 Å². The van der Waals surface area contributed by atoms with Crippen molar-refractivity contribution in [1.82, 2.24) is 5.32 Å². The van der Waals surface area contributed by atoms with Crippen LogP contribution in [0.25, 0.3) is 0 Å². The van der Waals surface area contributed by atoms with E-state index in [-0.39, 0.29) is 23.2 Å². The molecule has 1 aliphatic rings. The van der Waals surface area contributed by atoms with Crippen molar-refractivity contribution in [3.8, 4) is 5.75 Å². The fraction of sp³-hybridized carbons (Fsp3) is 0.381. The molecule has 1 heterocycles. The molecule has 0 spiro atoms. The Hall–Kier alpha value is -2.54. The molecule has 28 heavy (non-hydrogen) atoms. The van der Waals surface area contributed by atoms with E-state index in [0.717, 1.165) is 22.4 Å². The highest BCUT2D eigenvalue weighted by Gasteiger charge is 2.34. The van der Waals surface area contributed by atoms with E-state index in [2.05, 4.69) is 5.32 Å². The molecule has 1 aliphatic heterocycles. The number of hydrogen-bond donors (Lipinski definition) is 1. The van der Waals surface area contributed by atoms with Crippen LogP contribution in [0.1, 0.15) is 43.0 Å². The number of ether oxygens (including phenoxy) is 1. The molecule has 0 radical (unpaired) electrons. The average Bonchev–Trinajstić information content (AvgIpc) is 2.60. The van der Waals surface area contributed by atoms with Crippen molar-refractivity contribution in [2.75, 3.05) is 5.75 Å². The van der Waals surface area contributed by atoms with Gasteiger partial charge in [0.1, 0.15) is 11.4 Å². The van der Waals surface area contributed by atoms with Gasteiger partial charge in [0.05, 0.1) is 16.7 Å². The molecular formula is C21H24N2O4S. The number of carbonyl (C=O) groups is 1. The highest BCUT2D eigenvalue weighted by molar-refractivity contribution is 7.99. The van der Waals surface area contributed by atoms with Gasteiger partial charge in [0, 0.05) is 29.9 Å². The van der Waals surface area contributed by atoms with Gasteiger partial charge in [-0.25, -0.2) is 0 Å². The fourth-order valence-corrected chi connectivity index (χ4v) is 4.10. The Morgan fingerprint density at radius 2 is 2.00 bits per heavy atom. The Bertz CT molecular complexity index is 880. The second kappa shape index (κ2) is 8.22. The van der Waals surface area contributed by atoms with Crippen molar-refractivity contribution in [1.29, 1.82) is 0 Å². The monoisotopic (exact) mass is 400 g/mol. The molecule has 0 aliphatic carbocycles. The van der Waals surface area contributed by atoms with Crippen LogP contribution >= 0.6 is 11.8 Å². The molecule has 1 N–H and O–H groups in total. The normalized spacial score (nSPS) is 17.3. The molecular weight excluding hydrogens is 376 g/mol. The summed E-state index contributed by atoms with van der Waals surface area (Å²) in [4.78, 5) is 22.7. The first-order valence-corrected chi connectivity index (χ1v) is 10.3. The lowest BCUT2D eigenvalue weighted by molar-refractivity contribution is -0.384. The largest absolute Gasteiger partial charge is 0.487 e. The second-order valence-electron chi connectivity index (χ2n) is 7.64. The minimum absolute atomic E-state index is 0.0267. The van der Waals surface area contributed by atoms with Gasteiger partial charge in [-0.1, -0.05) is 24.3 Å². The molecule has 0 saturated heterocycles. The van der Waals surface area contributed by atoms with Crippen LogP contribution in [0.2, 0.25) is 0 Å². The Morgan fingerprint density at radius 1 is 1.29 bits per heavy atom. The standard InChI is InChI=1S/C21H24N2O4S/c1-14-4-9-17-18(11-21(2,3)27-19(17)10-14)22-20(24)13-28-12-15-5-7-16(8-6-15)23(25)26/h4-10,18H,11-13H2,1-3H3,(H,22,24)/t18-/m1/s1. The summed E-state index contributed by atoms with van der Waals surface area (Å²) in [5.74, 6) is 1.76. The number of fused-ring (bicyclic) bond motifs is 1. The number of nitro benzene ring substituents is 1. The van der Waals surface area contributed by atoms with Crippen LogP contribution in [0.5, 0.6) is 5.75 Å². The number of benzene rings is 2. The number of nitrogens with zero attached hydrogens (tertiary/aromatic N) is 1. The van der Waals surface area contributed by atoms with Crippen LogP contribution in [-0.4, -0.2) is 22.2 Å². The number of nitrogens with one attached hydrogen (secondary N) is 1. The highest BCUT2D eigenvalue weighted by Crippen LogP contribution is 2.39. The third kappa shape index (κ3) is 5.04. The zero-order chi connectivity index (χ0) is 20.3. The molecule has 0 saturated carbocycles. The lowest BCUT2D eigenvalue weighted by Crippen LogP contribution is -2.41. The summed E-state index contributed by atoms with van der Waals surface area (Å²) in [6, 6.07) is 12.4. The Morgan fingerprint density at radius 3 is 2.68 bits per heavy atom. The van der Waals surface area contributed by atoms with Gasteiger partial charge in [-0.15, -0.1) is 11.8 Å². The number of rotatable bonds is 6. The van der Waals surface area contributed by atoms with Gasteiger partial charge in [-0.05, 0) is 38.0 Å². The van der Waals surface area contributed by atoms with Crippen LogP contribution in [0, 0.1) is 17.0 Å². The summed E-state index contributed by atoms with van der Waals surface area (Å²) in [5.41, 5.74) is 2.82. The summed E-state index contributed by atoms with van der Waals surface area (Å²) in [5, 5.41) is 13.8. The van der Waals surface area contributed by atoms with Gasteiger partial charge in [0.15, 0.2) is 0 Å². The van der Waals surface area contributed by atoms with Gasteiger partial charge in [0.2, 0.25) is 5.91 Å². The number of aryl methyl sites for hydroxylation is 1. The summed E-state index contributed by atoms with van der Waals surface area (Å²) >= 11 is 1.49. The third-order valence-electron chi connectivity index (χ3n) is 4.61. The molecule has 148 valence electrons. The van der Waals surface area contributed by atoms with Crippen LogP contribution in [0.3, 0.4) is 0 Å². The van der Waals surface area contributed by atoms with Crippen LogP contribution in [0.15, 0.2) is 42.5 Å². The lowest BCUT2D eigenvalue weighted by Gasteiger charge is -2.38. The zero-order valence-corrected chi connectivity index (χ0v) is 17.0. The first-order chi connectivity index (χ1) is 13.2. The van der Waals surface area contributed by atoms with Gasteiger partial charge >= 0.3 is 0 Å². The minimum Gasteiger partial charge on any atom is -0.487 e. The molecule has 3 rings (SSSR count). The smallest absolute Gasteiger partial charge is 0.269 e. The van der Waals surface area contributed by atoms with Crippen LogP contribution < -0.4 is 10.1 Å². The van der Waals surface area contributed by atoms with E-state index in [0.29, 0.717) is 17.9 Å². The maximum Gasteiger partial charge on any atom is 0.269 e. The second-order valence-corrected chi connectivity index (χ2v) is 8.63. The maximum absolute atomic E-state index is 12.5. The van der Waals surface area contributed by atoms with Crippen LogP contribution in [-0.2, 0) is 10.5 Å². The van der Waals surface area contributed by atoms with E-state index in [1.165, 1.54) is 23.9 Å². The van der Waals surface area contributed by atoms with Crippen molar-refractivity contribution >= 4 is 23.4 Å². The molecule has 0 bridgehead atoms. The summed E-state index contributed by atoms with van der Waals surface area (Å²) in [6.45, 7) is 6.08. The predicted octanol–water partition coefficient (Wildman–Crippen LogP) is 4.56. The van der Waals surface area contributed by atoms with Crippen molar-refractivity contribution in [2.24, 2.45) is 0 Å². The average molecular weight is 401 g/mol. The quantitative estimate of drug-likeness (QED) is 0.568. The van der Waals surface area contributed by atoms with Crippen molar-refractivity contribution in [3.05, 3.63) is 69.3 Å². The zero-order valence-electron chi connectivity index (χ0n) is 16.2. The van der Waals surface area contributed by atoms with E-state index < -0.39 is 4.92 Å². The highest BCUT2D eigenvalue weighted by atomic mass is 32.2. The number of non-ortho nitro benzene ring substituents is 1. The SMILES string of the molecule is Cc1ccc2c(c1)OC(C)(C)C[C@H]2NC(=O)CSCc1ccc([N+](=O)[O-])cc1. The van der Waals surface area contributed by atoms with E-state index in [1.54, 1.807) is 12.1 Å². The van der Waals surface area contributed by atoms with Gasteiger partial charge in [-0.2, -0.15) is 0 Å². The molecule has 0 fully saturated rings. The fourth-order valence-electron chi connectivity index (χ4n) is 3.30. The Balaban J connectivity index is 1.56. The van der Waals surface area contributed by atoms with Crippen molar-refractivity contribution in [3.63, 3.8) is 0 Å². The lowest BCUT2D eigenvalue weighted by atomic mass is 9.89. The first-order valence-electron chi connectivity index (χ1n) is 9.13. The molecule has 2 aromatic carbocycles. The maximum atomic E-state index is 12.5. The summed E-state index contributed by atoms with van der Waals surface area (Å²) < 4.78 is 6.07. The van der Waals surface area contributed by atoms with Gasteiger partial charge < -0.3 is 10.1 Å². The Kier molecular flexibility index (Phi) is 5.93. The van der Waals surface area contributed by atoms with E-state index in [1.807, 2.05) is 39.0 Å². The number of hydrogen-bond acceptors (Lipinski definition) is 5. The number of amides is 1. The summed E-state index contributed by atoms with van der Waals surface area (Å²) in [7, 11) is 0. The number of nitro groups is 1. The van der Waals surface area contributed by atoms with Crippen LogP contribution in [0.4, 0.5) is 5.69 Å².